The molecule has 0 aliphatic carbocycles. The Morgan fingerprint density at radius 3 is 1.42 bits per heavy atom. The molecule has 0 spiro atoms. The minimum absolute atomic E-state index is 0.181. The summed E-state index contributed by atoms with van der Waals surface area (Å²) >= 11 is 0. The first kappa shape index (κ1) is 54.8. The Hall–Kier alpha value is -2.23. The van der Waals surface area contributed by atoms with Crippen LogP contribution in [0.25, 0.3) is 0 Å². The maximum atomic E-state index is 12.8. The van der Waals surface area contributed by atoms with E-state index in [9.17, 15) is 19.5 Å². The molecule has 0 aromatic rings. The normalized spacial score (nSPS) is 13.1. The Labute approximate surface area is 350 Å². The lowest BCUT2D eigenvalue weighted by molar-refractivity contribution is -0.870. The fourth-order valence-corrected chi connectivity index (χ4v) is 6.51. The number of nitrogens with zero attached hydrogens (tertiary/aromatic N) is 1. The first-order chi connectivity index (χ1) is 27.6. The Kier molecular flexibility index (Phi) is 39.0. The van der Waals surface area contributed by atoms with Gasteiger partial charge in [-0.05, 0) is 44.9 Å². The van der Waals surface area contributed by atoms with E-state index in [1.54, 1.807) is 0 Å². The van der Waals surface area contributed by atoms with Crippen molar-refractivity contribution in [2.75, 3.05) is 47.5 Å². The largest absolute Gasteiger partial charge is 0.477 e. The van der Waals surface area contributed by atoms with Crippen molar-refractivity contribution in [1.29, 1.82) is 0 Å². The van der Waals surface area contributed by atoms with Crippen molar-refractivity contribution in [3.05, 3.63) is 24.3 Å². The highest BCUT2D eigenvalue weighted by Gasteiger charge is 2.25. The predicted molar refractivity (Wildman–Crippen MR) is 235 cm³/mol. The molecule has 0 aliphatic rings. The lowest BCUT2D eigenvalue weighted by Gasteiger charge is -2.25. The topological polar surface area (TPSA) is 108 Å². The Morgan fingerprint density at radius 1 is 0.526 bits per heavy atom. The van der Waals surface area contributed by atoms with E-state index >= 15 is 0 Å². The third-order valence-electron chi connectivity index (χ3n) is 10.2. The highest BCUT2D eigenvalue weighted by Crippen LogP contribution is 2.15. The van der Waals surface area contributed by atoms with E-state index in [2.05, 4.69) is 38.2 Å². The molecule has 0 aromatic heterocycles. The van der Waals surface area contributed by atoms with Crippen molar-refractivity contribution in [2.45, 2.75) is 219 Å². The minimum Gasteiger partial charge on any atom is -0.477 e. The van der Waals surface area contributed by atoms with Gasteiger partial charge in [-0.2, -0.15) is 0 Å². The van der Waals surface area contributed by atoms with E-state index in [-0.39, 0.29) is 32.2 Å². The van der Waals surface area contributed by atoms with Gasteiger partial charge in [0.25, 0.3) is 6.29 Å². The number of carboxylic acid groups (broad SMARTS) is 1. The molecule has 57 heavy (non-hydrogen) atoms. The highest BCUT2D eigenvalue weighted by molar-refractivity contribution is 5.71. The number of ether oxygens (including phenoxy) is 4. The maximum Gasteiger partial charge on any atom is 0.361 e. The van der Waals surface area contributed by atoms with Crippen LogP contribution in [0.1, 0.15) is 206 Å². The number of carboxylic acids is 1. The van der Waals surface area contributed by atoms with Crippen LogP contribution in [0.15, 0.2) is 24.3 Å². The van der Waals surface area contributed by atoms with E-state index in [4.69, 9.17) is 18.9 Å². The number of quaternary nitrogens is 1. The fraction of sp³-hybridized carbons (Fsp3) is 0.854. The summed E-state index contributed by atoms with van der Waals surface area (Å²) in [5, 5.41) is 9.64. The number of aliphatic carboxylic acids is 1. The van der Waals surface area contributed by atoms with Gasteiger partial charge in [0.2, 0.25) is 0 Å². The number of hydrogen-bond donors (Lipinski definition) is 1. The smallest absolute Gasteiger partial charge is 0.361 e. The zero-order chi connectivity index (χ0) is 42.1. The molecule has 0 radical (unpaired) electrons. The van der Waals surface area contributed by atoms with E-state index in [0.29, 0.717) is 23.9 Å². The summed E-state index contributed by atoms with van der Waals surface area (Å²) in [6.45, 7) is 4.85. The van der Waals surface area contributed by atoms with E-state index < -0.39 is 24.3 Å². The van der Waals surface area contributed by atoms with Crippen molar-refractivity contribution in [3.8, 4) is 0 Å². The first-order valence-electron chi connectivity index (χ1n) is 23.5. The van der Waals surface area contributed by atoms with Crippen LogP contribution in [0.5, 0.6) is 0 Å². The first-order valence-corrected chi connectivity index (χ1v) is 23.5. The Bertz CT molecular complexity index is 991. The number of esters is 2. The molecule has 9 nitrogen and oxygen atoms in total. The molecule has 0 saturated heterocycles. The van der Waals surface area contributed by atoms with Gasteiger partial charge >= 0.3 is 17.9 Å². The quantitative estimate of drug-likeness (QED) is 0.0213. The Morgan fingerprint density at radius 2 is 0.947 bits per heavy atom. The van der Waals surface area contributed by atoms with Crippen LogP contribution in [0.2, 0.25) is 0 Å². The Balaban J connectivity index is 4.41. The van der Waals surface area contributed by atoms with Gasteiger partial charge in [0.05, 0.1) is 34.4 Å². The summed E-state index contributed by atoms with van der Waals surface area (Å²) in [5.41, 5.74) is 0. The predicted octanol–water partition coefficient (Wildman–Crippen LogP) is 12.4. The third kappa shape index (κ3) is 41.7. The summed E-state index contributed by atoms with van der Waals surface area (Å²) in [4.78, 5) is 37.1. The molecular weight excluding hydrogens is 719 g/mol. The lowest BCUT2D eigenvalue weighted by atomic mass is 10.0. The van der Waals surface area contributed by atoms with Crippen molar-refractivity contribution >= 4 is 17.9 Å². The number of hydrogen-bond acceptors (Lipinski definition) is 7. The van der Waals surface area contributed by atoms with Gasteiger partial charge in [-0.1, -0.05) is 173 Å². The van der Waals surface area contributed by atoms with Crippen LogP contribution in [0, 0.1) is 0 Å². The summed E-state index contributed by atoms with van der Waals surface area (Å²) in [5.74, 6) is -2.01. The monoisotopic (exact) mass is 809 g/mol. The summed E-state index contributed by atoms with van der Waals surface area (Å²) < 4.78 is 22.8. The van der Waals surface area contributed by atoms with Gasteiger partial charge in [-0.25, -0.2) is 4.79 Å². The van der Waals surface area contributed by atoms with Crippen LogP contribution in [-0.2, 0) is 33.3 Å². The van der Waals surface area contributed by atoms with Crippen LogP contribution in [0.3, 0.4) is 0 Å². The SMILES string of the molecule is CCCCC/C=C\C/C=C\CCCCCCCCCC(=O)OC(COC(=O)CCCCCCCCCCCCCCCCC)COC(OCC[N+](C)(C)C)C(=O)O. The zero-order valence-corrected chi connectivity index (χ0v) is 37.8. The van der Waals surface area contributed by atoms with E-state index in [1.807, 2.05) is 21.1 Å². The number of carbonyl (C=O) groups is 3. The van der Waals surface area contributed by atoms with Crippen LogP contribution >= 0.6 is 0 Å². The molecule has 1 N–H and O–H groups in total. The van der Waals surface area contributed by atoms with Crippen molar-refractivity contribution in [1.82, 2.24) is 0 Å². The van der Waals surface area contributed by atoms with E-state index in [0.717, 1.165) is 51.4 Å². The minimum atomic E-state index is -1.51. The van der Waals surface area contributed by atoms with Gasteiger partial charge < -0.3 is 28.5 Å². The van der Waals surface area contributed by atoms with Gasteiger partial charge in [-0.3, -0.25) is 9.59 Å². The summed E-state index contributed by atoms with van der Waals surface area (Å²) in [7, 11) is 5.96. The van der Waals surface area contributed by atoms with Gasteiger partial charge in [0, 0.05) is 12.8 Å². The summed E-state index contributed by atoms with van der Waals surface area (Å²) in [6.07, 6.45) is 40.8. The molecule has 2 unspecified atom stereocenters. The number of unbranched alkanes of at least 4 members (excludes halogenated alkanes) is 24. The molecule has 0 heterocycles. The molecule has 0 bridgehead atoms. The second-order valence-corrected chi connectivity index (χ2v) is 17.1. The third-order valence-corrected chi connectivity index (χ3v) is 10.2. The second-order valence-electron chi connectivity index (χ2n) is 17.1. The maximum absolute atomic E-state index is 12.8. The van der Waals surface area contributed by atoms with Crippen molar-refractivity contribution < 1.29 is 42.9 Å². The van der Waals surface area contributed by atoms with E-state index in [1.165, 1.54) is 122 Å². The molecule has 334 valence electrons. The number of rotatable bonds is 43. The molecule has 0 saturated carbocycles. The van der Waals surface area contributed by atoms with Crippen molar-refractivity contribution in [2.24, 2.45) is 0 Å². The summed E-state index contributed by atoms with van der Waals surface area (Å²) in [6, 6.07) is 0. The van der Waals surface area contributed by atoms with Gasteiger partial charge in [0.15, 0.2) is 6.10 Å². The zero-order valence-electron chi connectivity index (χ0n) is 37.8. The number of allylic oxidation sites excluding steroid dienone is 4. The highest BCUT2D eigenvalue weighted by atomic mass is 16.7. The molecule has 0 rings (SSSR count). The van der Waals surface area contributed by atoms with Gasteiger partial charge in [0.1, 0.15) is 13.2 Å². The van der Waals surface area contributed by atoms with Crippen LogP contribution in [0.4, 0.5) is 0 Å². The average molecular weight is 809 g/mol. The number of likely N-dealkylation sites (N-methyl/N-ethyl adjacent to an activating group) is 1. The molecule has 0 aliphatic heterocycles. The lowest BCUT2D eigenvalue weighted by Crippen LogP contribution is -2.40. The molecule has 9 heteroatoms. The average Bonchev–Trinajstić information content (AvgIpc) is 3.17. The van der Waals surface area contributed by atoms with Crippen LogP contribution < -0.4 is 0 Å². The standard InChI is InChI=1S/C48H89NO8/c1-6-8-10-12-14-16-18-20-22-23-25-27-29-31-33-35-37-39-46(51)57-44(43-56-48(47(52)53)54-41-40-49(3,4)5)42-55-45(50)38-36-34-32-30-28-26-24-21-19-17-15-13-11-9-7-2/h14,16,20,22,44,48H,6-13,15,17-19,21,23-43H2,1-5H3/p+1/b16-14-,22-20-. The number of carbonyl (C=O) groups excluding carboxylic acids is 2. The van der Waals surface area contributed by atoms with Crippen molar-refractivity contribution in [3.63, 3.8) is 0 Å². The van der Waals surface area contributed by atoms with Crippen LogP contribution in [-0.4, -0.2) is 87.4 Å². The molecular formula is C48H90NO8+. The van der Waals surface area contributed by atoms with Gasteiger partial charge in [-0.15, -0.1) is 0 Å². The molecule has 2 atom stereocenters. The fourth-order valence-electron chi connectivity index (χ4n) is 6.51. The molecule has 0 aromatic carbocycles. The molecule has 0 fully saturated rings. The molecule has 0 amide bonds. The second kappa shape index (κ2) is 40.5.